The van der Waals surface area contributed by atoms with Gasteiger partial charge in [-0.3, -0.25) is 4.79 Å². The number of rotatable bonds is 2. The van der Waals surface area contributed by atoms with Crippen LogP contribution in [-0.4, -0.2) is 9.97 Å². The van der Waals surface area contributed by atoms with Crippen molar-refractivity contribution in [3.05, 3.63) is 51.4 Å². The van der Waals surface area contributed by atoms with Gasteiger partial charge >= 0.3 is 0 Å². The molecule has 0 amide bonds. The van der Waals surface area contributed by atoms with Gasteiger partial charge in [0.05, 0.1) is 10.9 Å². The molecule has 2 aromatic heterocycles. The molecule has 0 saturated carbocycles. The zero-order valence-electron chi connectivity index (χ0n) is 11.1. The Labute approximate surface area is 119 Å². The molecule has 5 heteroatoms. The van der Waals surface area contributed by atoms with Gasteiger partial charge in [-0.15, -0.1) is 11.3 Å². The van der Waals surface area contributed by atoms with Crippen molar-refractivity contribution in [3.8, 4) is 11.4 Å². The Morgan fingerprint density at radius 1 is 1.30 bits per heavy atom. The molecule has 0 spiro atoms. The number of nitrogens with one attached hydrogen (secondary N) is 1. The molecule has 2 heterocycles. The van der Waals surface area contributed by atoms with E-state index in [1.165, 1.54) is 17.4 Å². The predicted octanol–water partition coefficient (Wildman–Crippen LogP) is 3.91. The van der Waals surface area contributed by atoms with Crippen LogP contribution < -0.4 is 5.56 Å². The molecular formula is C15H13FN2OS. The topological polar surface area (TPSA) is 45.8 Å². The van der Waals surface area contributed by atoms with E-state index in [-0.39, 0.29) is 17.3 Å². The second-order valence-corrected chi connectivity index (χ2v) is 5.78. The number of H-pyrrole nitrogens is 1. The van der Waals surface area contributed by atoms with Gasteiger partial charge in [-0.05, 0) is 29.0 Å². The average molecular weight is 288 g/mol. The van der Waals surface area contributed by atoms with Crippen molar-refractivity contribution in [2.75, 3.05) is 0 Å². The Kier molecular flexibility index (Phi) is 3.14. The molecule has 0 aliphatic heterocycles. The lowest BCUT2D eigenvalue weighted by Gasteiger charge is -2.04. The number of hydrogen-bond acceptors (Lipinski definition) is 3. The summed E-state index contributed by atoms with van der Waals surface area (Å²) < 4.78 is 13.8. The quantitative estimate of drug-likeness (QED) is 0.777. The molecule has 0 fully saturated rings. The highest BCUT2D eigenvalue weighted by Crippen LogP contribution is 2.29. The number of benzene rings is 1. The zero-order valence-corrected chi connectivity index (χ0v) is 11.9. The van der Waals surface area contributed by atoms with E-state index in [9.17, 15) is 9.18 Å². The van der Waals surface area contributed by atoms with Crippen molar-refractivity contribution < 1.29 is 4.39 Å². The first-order chi connectivity index (χ1) is 9.58. The lowest BCUT2D eigenvalue weighted by molar-refractivity contribution is 0.630. The predicted molar refractivity (Wildman–Crippen MR) is 79.7 cm³/mol. The first kappa shape index (κ1) is 13.0. The van der Waals surface area contributed by atoms with Crippen LogP contribution in [0.25, 0.3) is 21.6 Å². The lowest BCUT2D eigenvalue weighted by Crippen LogP contribution is -2.10. The molecule has 20 heavy (non-hydrogen) atoms. The third kappa shape index (κ3) is 2.04. The molecule has 0 aliphatic rings. The fourth-order valence-corrected chi connectivity index (χ4v) is 3.28. The summed E-state index contributed by atoms with van der Waals surface area (Å²) in [5.41, 5.74) is 1.09. The Hall–Kier alpha value is -2.01. The minimum absolute atomic E-state index is 0.210. The van der Waals surface area contributed by atoms with Gasteiger partial charge in [0.1, 0.15) is 16.5 Å². The van der Waals surface area contributed by atoms with E-state index in [0.717, 1.165) is 5.56 Å². The van der Waals surface area contributed by atoms with Gasteiger partial charge in [0.25, 0.3) is 5.56 Å². The molecule has 102 valence electrons. The Balaban J connectivity index is 2.27. The standard InChI is InChI=1S/C15H13FN2OS/c1-8(2)10-7-20-15-12(10)14(19)17-13(18-15)9-5-3-4-6-11(9)16/h3-8H,1-2H3,(H,17,18,19). The van der Waals surface area contributed by atoms with Crippen LogP contribution in [0.1, 0.15) is 25.3 Å². The number of halogens is 1. The Morgan fingerprint density at radius 2 is 2.05 bits per heavy atom. The molecule has 1 N–H and O–H groups in total. The fourth-order valence-electron chi connectivity index (χ4n) is 2.18. The van der Waals surface area contributed by atoms with Crippen LogP contribution in [0.2, 0.25) is 0 Å². The van der Waals surface area contributed by atoms with Crippen molar-refractivity contribution in [2.24, 2.45) is 0 Å². The first-order valence-corrected chi connectivity index (χ1v) is 7.22. The molecule has 0 atom stereocenters. The fraction of sp³-hybridized carbons (Fsp3) is 0.200. The highest BCUT2D eigenvalue weighted by atomic mass is 32.1. The SMILES string of the molecule is CC(C)c1csc2nc(-c3ccccc3F)[nH]c(=O)c12. The smallest absolute Gasteiger partial charge is 0.260 e. The summed E-state index contributed by atoms with van der Waals surface area (Å²) in [6.07, 6.45) is 0. The summed E-state index contributed by atoms with van der Waals surface area (Å²) >= 11 is 1.42. The third-order valence-corrected chi connectivity index (χ3v) is 4.11. The second-order valence-electron chi connectivity index (χ2n) is 4.92. The summed E-state index contributed by atoms with van der Waals surface area (Å²) in [5, 5.41) is 2.56. The molecule has 0 unspecified atom stereocenters. The minimum Gasteiger partial charge on any atom is -0.306 e. The normalized spacial score (nSPS) is 11.4. The van der Waals surface area contributed by atoms with Gasteiger partial charge in [-0.2, -0.15) is 0 Å². The Morgan fingerprint density at radius 3 is 2.75 bits per heavy atom. The van der Waals surface area contributed by atoms with Crippen LogP contribution in [0.4, 0.5) is 4.39 Å². The van der Waals surface area contributed by atoms with Crippen molar-refractivity contribution >= 4 is 21.6 Å². The highest BCUT2D eigenvalue weighted by Gasteiger charge is 2.15. The van der Waals surface area contributed by atoms with E-state index in [1.54, 1.807) is 18.2 Å². The van der Waals surface area contributed by atoms with E-state index in [0.29, 0.717) is 15.8 Å². The summed E-state index contributed by atoms with van der Waals surface area (Å²) in [4.78, 5) is 20.0. The summed E-state index contributed by atoms with van der Waals surface area (Å²) in [6, 6.07) is 6.29. The molecule has 3 rings (SSSR count). The summed E-state index contributed by atoms with van der Waals surface area (Å²) in [5.74, 6) is 0.138. The molecule has 0 saturated heterocycles. The van der Waals surface area contributed by atoms with Gasteiger partial charge in [0.2, 0.25) is 0 Å². The molecule has 3 nitrogen and oxygen atoms in total. The van der Waals surface area contributed by atoms with Gasteiger partial charge in [0, 0.05) is 0 Å². The second kappa shape index (κ2) is 4.83. The van der Waals surface area contributed by atoms with Crippen molar-refractivity contribution in [2.45, 2.75) is 19.8 Å². The van der Waals surface area contributed by atoms with Crippen LogP contribution in [0.5, 0.6) is 0 Å². The average Bonchev–Trinajstić information content (AvgIpc) is 2.83. The van der Waals surface area contributed by atoms with Crippen LogP contribution in [0.3, 0.4) is 0 Å². The lowest BCUT2D eigenvalue weighted by atomic mass is 10.0. The zero-order chi connectivity index (χ0) is 14.3. The van der Waals surface area contributed by atoms with Crippen molar-refractivity contribution in [1.29, 1.82) is 0 Å². The maximum absolute atomic E-state index is 13.8. The number of aromatic amines is 1. The van der Waals surface area contributed by atoms with Crippen LogP contribution in [0, 0.1) is 5.82 Å². The van der Waals surface area contributed by atoms with Gasteiger partial charge in [-0.1, -0.05) is 26.0 Å². The monoisotopic (exact) mass is 288 g/mol. The van der Waals surface area contributed by atoms with E-state index >= 15 is 0 Å². The Bertz CT molecular complexity index is 835. The molecule has 3 aromatic rings. The largest absolute Gasteiger partial charge is 0.306 e. The molecule has 0 radical (unpaired) electrons. The summed E-state index contributed by atoms with van der Waals surface area (Å²) in [6.45, 7) is 4.07. The van der Waals surface area contributed by atoms with E-state index in [1.807, 2.05) is 19.2 Å². The van der Waals surface area contributed by atoms with Crippen LogP contribution >= 0.6 is 11.3 Å². The number of hydrogen-bond donors (Lipinski definition) is 1. The maximum atomic E-state index is 13.8. The number of thiophene rings is 1. The van der Waals surface area contributed by atoms with Crippen molar-refractivity contribution in [3.63, 3.8) is 0 Å². The molecule has 1 aromatic carbocycles. The van der Waals surface area contributed by atoms with E-state index in [2.05, 4.69) is 9.97 Å². The minimum atomic E-state index is -0.393. The van der Waals surface area contributed by atoms with Crippen LogP contribution in [-0.2, 0) is 0 Å². The van der Waals surface area contributed by atoms with Crippen molar-refractivity contribution in [1.82, 2.24) is 9.97 Å². The molecule has 0 bridgehead atoms. The molecular weight excluding hydrogens is 275 g/mol. The van der Waals surface area contributed by atoms with Gasteiger partial charge in [-0.25, -0.2) is 9.37 Å². The third-order valence-electron chi connectivity index (χ3n) is 3.22. The first-order valence-electron chi connectivity index (χ1n) is 6.34. The highest BCUT2D eigenvalue weighted by molar-refractivity contribution is 7.16. The number of fused-ring (bicyclic) bond motifs is 1. The summed E-state index contributed by atoms with van der Waals surface area (Å²) in [7, 11) is 0. The number of nitrogens with zero attached hydrogens (tertiary/aromatic N) is 1. The molecule has 0 aliphatic carbocycles. The van der Waals surface area contributed by atoms with Gasteiger partial charge < -0.3 is 4.98 Å². The maximum Gasteiger partial charge on any atom is 0.260 e. The van der Waals surface area contributed by atoms with Crippen LogP contribution in [0.15, 0.2) is 34.4 Å². The van der Waals surface area contributed by atoms with E-state index in [4.69, 9.17) is 0 Å². The number of aromatic nitrogens is 2. The van der Waals surface area contributed by atoms with Gasteiger partial charge in [0.15, 0.2) is 0 Å². The van der Waals surface area contributed by atoms with E-state index < -0.39 is 5.82 Å².